The zero-order valence-corrected chi connectivity index (χ0v) is 11.2. The van der Waals surface area contributed by atoms with Gasteiger partial charge >= 0.3 is 0 Å². The van der Waals surface area contributed by atoms with Crippen LogP contribution in [0.15, 0.2) is 12.4 Å². The molecule has 5 heteroatoms. The number of imidazole rings is 1. The molecule has 1 aromatic rings. The van der Waals surface area contributed by atoms with Gasteiger partial charge in [0.25, 0.3) is 0 Å². The zero-order valence-electron chi connectivity index (χ0n) is 11.2. The summed E-state index contributed by atoms with van der Waals surface area (Å²) in [7, 11) is 0. The average molecular weight is 263 g/mol. The quantitative estimate of drug-likeness (QED) is 0.889. The highest BCUT2D eigenvalue weighted by atomic mass is 16.5. The van der Waals surface area contributed by atoms with E-state index in [1.165, 1.54) is 0 Å². The monoisotopic (exact) mass is 263 g/mol. The Morgan fingerprint density at radius 1 is 1.47 bits per heavy atom. The van der Waals surface area contributed by atoms with Gasteiger partial charge in [0.2, 0.25) is 5.91 Å². The maximum Gasteiger partial charge on any atom is 0.249 e. The van der Waals surface area contributed by atoms with E-state index in [2.05, 4.69) is 14.9 Å². The second-order valence-corrected chi connectivity index (χ2v) is 5.50. The first-order chi connectivity index (χ1) is 9.33. The molecule has 104 valence electrons. The van der Waals surface area contributed by atoms with Crippen molar-refractivity contribution in [3.05, 3.63) is 18.2 Å². The summed E-state index contributed by atoms with van der Waals surface area (Å²) in [6, 6.07) is 0. The Balaban J connectivity index is 1.46. The Morgan fingerprint density at radius 2 is 2.42 bits per heavy atom. The fourth-order valence-electron chi connectivity index (χ4n) is 2.91. The molecule has 1 amide bonds. The lowest BCUT2D eigenvalue weighted by atomic mass is 9.99. The fraction of sp³-hybridized carbons (Fsp3) is 0.714. The Kier molecular flexibility index (Phi) is 3.82. The molecule has 3 heterocycles. The summed E-state index contributed by atoms with van der Waals surface area (Å²) in [5, 5.41) is 3.05. The van der Waals surface area contributed by atoms with Crippen LogP contribution in [0.2, 0.25) is 0 Å². The lowest BCUT2D eigenvalue weighted by Crippen LogP contribution is -2.41. The first-order valence-electron chi connectivity index (χ1n) is 7.22. The molecule has 1 N–H and O–H groups in total. The lowest BCUT2D eigenvalue weighted by molar-refractivity contribution is -0.135. The molecule has 1 fully saturated rings. The van der Waals surface area contributed by atoms with Crippen LogP contribution in [0, 0.1) is 5.92 Å². The molecule has 0 bridgehead atoms. The van der Waals surface area contributed by atoms with Crippen molar-refractivity contribution in [1.29, 1.82) is 0 Å². The van der Waals surface area contributed by atoms with E-state index in [4.69, 9.17) is 4.74 Å². The van der Waals surface area contributed by atoms with Crippen molar-refractivity contribution in [1.82, 2.24) is 14.9 Å². The largest absolute Gasteiger partial charge is 0.368 e. The lowest BCUT2D eigenvalue weighted by Gasteiger charge is -2.26. The van der Waals surface area contributed by atoms with Gasteiger partial charge in [0.05, 0.1) is 0 Å². The number of fused-ring (bicyclic) bond motifs is 1. The third-order valence-corrected chi connectivity index (χ3v) is 4.07. The summed E-state index contributed by atoms with van der Waals surface area (Å²) in [6.45, 7) is 2.43. The van der Waals surface area contributed by atoms with Crippen molar-refractivity contribution < 1.29 is 9.53 Å². The van der Waals surface area contributed by atoms with Crippen LogP contribution in [-0.2, 0) is 22.5 Å². The van der Waals surface area contributed by atoms with Gasteiger partial charge in [-0.1, -0.05) is 0 Å². The second kappa shape index (κ2) is 5.74. The molecule has 2 aliphatic heterocycles. The summed E-state index contributed by atoms with van der Waals surface area (Å²) in [5.41, 5.74) is 0. The summed E-state index contributed by atoms with van der Waals surface area (Å²) >= 11 is 0. The van der Waals surface area contributed by atoms with Gasteiger partial charge in [-0.25, -0.2) is 4.98 Å². The van der Waals surface area contributed by atoms with Crippen LogP contribution >= 0.6 is 0 Å². The molecule has 5 nitrogen and oxygen atoms in total. The van der Waals surface area contributed by atoms with Crippen LogP contribution < -0.4 is 5.32 Å². The number of nitrogens with zero attached hydrogens (tertiary/aromatic N) is 2. The van der Waals surface area contributed by atoms with E-state index in [1.807, 2.05) is 12.4 Å². The van der Waals surface area contributed by atoms with Crippen LogP contribution in [0.4, 0.5) is 0 Å². The first-order valence-corrected chi connectivity index (χ1v) is 7.22. The molecule has 2 atom stereocenters. The molecular weight excluding hydrogens is 242 g/mol. The SMILES string of the molecule is O=C(NC[C@@H]1CCc2nccn2C1)[C@@H]1CCCCO1. The molecule has 3 rings (SSSR count). The minimum Gasteiger partial charge on any atom is -0.368 e. The highest BCUT2D eigenvalue weighted by Crippen LogP contribution is 2.18. The van der Waals surface area contributed by atoms with E-state index in [0.717, 1.165) is 57.6 Å². The molecule has 0 unspecified atom stereocenters. The fourth-order valence-corrected chi connectivity index (χ4v) is 2.91. The summed E-state index contributed by atoms with van der Waals surface area (Å²) < 4.78 is 7.69. The van der Waals surface area contributed by atoms with Gasteiger partial charge in [0, 0.05) is 38.5 Å². The number of ether oxygens (including phenoxy) is 1. The first kappa shape index (κ1) is 12.7. The van der Waals surface area contributed by atoms with E-state index in [1.54, 1.807) is 0 Å². The molecule has 0 radical (unpaired) electrons. The van der Waals surface area contributed by atoms with Crippen molar-refractivity contribution in [3.8, 4) is 0 Å². The summed E-state index contributed by atoms with van der Waals surface area (Å²) in [4.78, 5) is 16.3. The summed E-state index contributed by atoms with van der Waals surface area (Å²) in [5.74, 6) is 1.74. The van der Waals surface area contributed by atoms with Gasteiger partial charge in [-0.3, -0.25) is 4.79 Å². The van der Waals surface area contributed by atoms with E-state index in [0.29, 0.717) is 5.92 Å². The highest BCUT2D eigenvalue weighted by Gasteiger charge is 2.24. The number of aromatic nitrogens is 2. The van der Waals surface area contributed by atoms with Crippen molar-refractivity contribution in [2.45, 2.75) is 44.8 Å². The van der Waals surface area contributed by atoms with Gasteiger partial charge in [0.15, 0.2) is 0 Å². The number of rotatable bonds is 3. The predicted molar refractivity (Wildman–Crippen MR) is 70.6 cm³/mol. The number of carbonyl (C=O) groups is 1. The average Bonchev–Trinajstić information content (AvgIpc) is 2.93. The smallest absolute Gasteiger partial charge is 0.249 e. The van der Waals surface area contributed by atoms with Crippen LogP contribution in [-0.4, -0.2) is 34.7 Å². The van der Waals surface area contributed by atoms with E-state index >= 15 is 0 Å². The van der Waals surface area contributed by atoms with Crippen LogP contribution in [0.25, 0.3) is 0 Å². The van der Waals surface area contributed by atoms with E-state index in [-0.39, 0.29) is 12.0 Å². The molecule has 0 aromatic carbocycles. The molecular formula is C14H21N3O2. The standard InChI is InChI=1S/C14H21N3O2/c18-14(12-3-1-2-8-19-12)16-9-11-4-5-13-15-6-7-17(13)10-11/h6-7,11-12H,1-5,8-10H2,(H,16,18)/t11-,12-/m0/s1. The van der Waals surface area contributed by atoms with Gasteiger partial charge in [-0.15, -0.1) is 0 Å². The van der Waals surface area contributed by atoms with Gasteiger partial charge in [0.1, 0.15) is 11.9 Å². The number of nitrogens with one attached hydrogen (secondary N) is 1. The minimum absolute atomic E-state index is 0.0659. The number of carbonyl (C=O) groups excluding carboxylic acids is 1. The maximum absolute atomic E-state index is 12.0. The van der Waals surface area contributed by atoms with Crippen LogP contribution in [0.5, 0.6) is 0 Å². The van der Waals surface area contributed by atoms with Crippen LogP contribution in [0.3, 0.4) is 0 Å². The Morgan fingerprint density at radius 3 is 3.26 bits per heavy atom. The van der Waals surface area contributed by atoms with Crippen molar-refractivity contribution in [3.63, 3.8) is 0 Å². The third kappa shape index (κ3) is 2.97. The van der Waals surface area contributed by atoms with Gasteiger partial charge < -0.3 is 14.6 Å². The second-order valence-electron chi connectivity index (χ2n) is 5.50. The number of hydrogen-bond donors (Lipinski definition) is 1. The molecule has 19 heavy (non-hydrogen) atoms. The Hall–Kier alpha value is -1.36. The van der Waals surface area contributed by atoms with E-state index < -0.39 is 0 Å². The number of aryl methyl sites for hydroxylation is 1. The topological polar surface area (TPSA) is 56.2 Å². The normalized spacial score (nSPS) is 26.7. The van der Waals surface area contributed by atoms with Crippen LogP contribution in [0.1, 0.15) is 31.5 Å². The van der Waals surface area contributed by atoms with Gasteiger partial charge in [-0.05, 0) is 31.6 Å². The maximum atomic E-state index is 12.0. The Bertz CT molecular complexity index is 438. The molecule has 2 aliphatic rings. The van der Waals surface area contributed by atoms with E-state index in [9.17, 15) is 4.79 Å². The molecule has 1 saturated heterocycles. The van der Waals surface area contributed by atoms with Crippen molar-refractivity contribution in [2.24, 2.45) is 5.92 Å². The predicted octanol–water partition coefficient (Wildman–Crippen LogP) is 1.13. The Labute approximate surface area is 113 Å². The highest BCUT2D eigenvalue weighted by molar-refractivity contribution is 5.80. The van der Waals surface area contributed by atoms with Crippen molar-refractivity contribution in [2.75, 3.05) is 13.2 Å². The minimum atomic E-state index is -0.221. The third-order valence-electron chi connectivity index (χ3n) is 4.07. The van der Waals surface area contributed by atoms with Gasteiger partial charge in [-0.2, -0.15) is 0 Å². The molecule has 1 aromatic heterocycles. The zero-order chi connectivity index (χ0) is 13.1. The summed E-state index contributed by atoms with van der Waals surface area (Å²) in [6.07, 6.45) is 8.80. The molecule has 0 saturated carbocycles. The number of amides is 1. The van der Waals surface area contributed by atoms with Crippen molar-refractivity contribution >= 4 is 5.91 Å². The molecule has 0 spiro atoms. The number of hydrogen-bond acceptors (Lipinski definition) is 3. The molecule has 0 aliphatic carbocycles.